The summed E-state index contributed by atoms with van der Waals surface area (Å²) in [4.78, 5) is 11.4. The molecule has 0 saturated heterocycles. The topological polar surface area (TPSA) is 98.5 Å². The number of benzene rings is 1. The number of rotatable bonds is 6. The van der Waals surface area contributed by atoms with Crippen LogP contribution in [0.15, 0.2) is 17.0 Å². The molecule has 1 aromatic carbocycles. The highest BCUT2D eigenvalue weighted by molar-refractivity contribution is 7.89. The van der Waals surface area contributed by atoms with Crippen LogP contribution in [0.2, 0.25) is 0 Å². The molecule has 0 spiro atoms. The molecule has 0 fully saturated rings. The molecule has 0 aliphatic heterocycles. The zero-order valence-electron chi connectivity index (χ0n) is 12.1. The minimum atomic E-state index is -4.23. The van der Waals surface area contributed by atoms with Crippen LogP contribution in [0.25, 0.3) is 0 Å². The smallest absolute Gasteiger partial charge is 0.251 e. The lowest BCUT2D eigenvalue weighted by Crippen LogP contribution is -2.33. The summed E-state index contributed by atoms with van der Waals surface area (Å²) in [6, 6.07) is 2.05. The minimum Gasteiger partial charge on any atom is -0.385 e. The van der Waals surface area contributed by atoms with Crippen molar-refractivity contribution in [1.29, 1.82) is 0 Å². The molecule has 0 bridgehead atoms. The zero-order valence-corrected chi connectivity index (χ0v) is 13.0. The summed E-state index contributed by atoms with van der Waals surface area (Å²) in [7, 11) is -2.68. The number of primary sulfonamides is 1. The average Bonchev–Trinajstić information content (AvgIpc) is 2.37. The van der Waals surface area contributed by atoms with Crippen molar-refractivity contribution in [1.82, 2.24) is 5.32 Å². The van der Waals surface area contributed by atoms with E-state index in [1.54, 1.807) is 14.0 Å². The first-order valence-electron chi connectivity index (χ1n) is 6.29. The molecule has 8 heteroatoms. The number of carbonyl (C=O) groups is 1. The van der Waals surface area contributed by atoms with Crippen LogP contribution >= 0.6 is 0 Å². The Labute approximate surface area is 123 Å². The Kier molecular flexibility index (Phi) is 5.82. The quantitative estimate of drug-likeness (QED) is 0.815. The minimum absolute atomic E-state index is 0.0382. The van der Waals surface area contributed by atoms with Gasteiger partial charge in [0.1, 0.15) is 10.7 Å². The molecular weight excluding hydrogens is 299 g/mol. The Bertz CT molecular complexity index is 631. The van der Waals surface area contributed by atoms with Gasteiger partial charge in [0.2, 0.25) is 10.0 Å². The zero-order chi connectivity index (χ0) is 16.2. The molecule has 118 valence electrons. The fraction of sp³-hybridized carbons (Fsp3) is 0.462. The summed E-state index contributed by atoms with van der Waals surface area (Å²) >= 11 is 0. The van der Waals surface area contributed by atoms with Gasteiger partial charge in [-0.15, -0.1) is 0 Å². The summed E-state index contributed by atoms with van der Waals surface area (Å²) in [6.45, 7) is 3.63. The second-order valence-corrected chi connectivity index (χ2v) is 6.34. The first kappa shape index (κ1) is 17.5. The molecule has 6 nitrogen and oxygen atoms in total. The lowest BCUT2D eigenvalue weighted by molar-refractivity contribution is 0.0929. The Hall–Kier alpha value is -1.51. The van der Waals surface area contributed by atoms with Crippen molar-refractivity contribution in [2.24, 2.45) is 5.14 Å². The number of amides is 1. The first-order valence-corrected chi connectivity index (χ1v) is 7.84. The van der Waals surface area contributed by atoms with E-state index in [2.05, 4.69) is 5.32 Å². The van der Waals surface area contributed by atoms with Crippen molar-refractivity contribution in [3.05, 3.63) is 29.1 Å². The molecular formula is C13H19FN2O4S. The van der Waals surface area contributed by atoms with Crippen molar-refractivity contribution < 1.29 is 22.3 Å². The molecule has 1 unspecified atom stereocenters. The van der Waals surface area contributed by atoms with Crippen LogP contribution in [0.5, 0.6) is 0 Å². The summed E-state index contributed by atoms with van der Waals surface area (Å²) in [6.07, 6.45) is 0.602. The van der Waals surface area contributed by atoms with Crippen LogP contribution in [0.1, 0.15) is 29.3 Å². The maximum Gasteiger partial charge on any atom is 0.251 e. The number of ether oxygens (including phenoxy) is 1. The third kappa shape index (κ3) is 4.76. The number of methoxy groups -OCH3 is 1. The standard InChI is InChI=1S/C13H19FN2O4S/c1-8-6-10(7-11(12(8)14)21(15,18)19)13(17)16-9(2)4-5-20-3/h6-7,9H,4-5H2,1-3H3,(H,16,17)(H2,15,18,19). The number of hydrogen-bond acceptors (Lipinski definition) is 4. The fourth-order valence-corrected chi connectivity index (χ4v) is 2.45. The highest BCUT2D eigenvalue weighted by Crippen LogP contribution is 2.19. The van der Waals surface area contributed by atoms with Crippen molar-refractivity contribution in [2.75, 3.05) is 13.7 Å². The first-order chi connectivity index (χ1) is 9.66. The lowest BCUT2D eigenvalue weighted by atomic mass is 10.1. The van der Waals surface area contributed by atoms with Crippen molar-refractivity contribution in [2.45, 2.75) is 31.2 Å². The maximum absolute atomic E-state index is 13.8. The van der Waals surface area contributed by atoms with Gasteiger partial charge >= 0.3 is 0 Å². The van der Waals surface area contributed by atoms with Crippen LogP contribution in [-0.2, 0) is 14.8 Å². The predicted molar refractivity (Wildman–Crippen MR) is 75.9 cm³/mol. The second kappa shape index (κ2) is 6.97. The van der Waals surface area contributed by atoms with E-state index in [9.17, 15) is 17.6 Å². The van der Waals surface area contributed by atoms with E-state index in [4.69, 9.17) is 9.88 Å². The van der Waals surface area contributed by atoms with Crippen LogP contribution < -0.4 is 10.5 Å². The van der Waals surface area contributed by atoms with Crippen molar-refractivity contribution in [3.8, 4) is 0 Å². The largest absolute Gasteiger partial charge is 0.385 e. The van der Waals surface area contributed by atoms with E-state index in [0.29, 0.717) is 13.0 Å². The van der Waals surface area contributed by atoms with Crippen LogP contribution in [0.3, 0.4) is 0 Å². The van der Waals surface area contributed by atoms with Gasteiger partial charge in [-0.25, -0.2) is 17.9 Å². The van der Waals surface area contributed by atoms with Gasteiger partial charge in [0.05, 0.1) is 0 Å². The van der Waals surface area contributed by atoms with Crippen LogP contribution in [0.4, 0.5) is 4.39 Å². The molecule has 21 heavy (non-hydrogen) atoms. The summed E-state index contributed by atoms with van der Waals surface area (Å²) < 4.78 is 41.3. The van der Waals surface area contributed by atoms with E-state index in [-0.39, 0.29) is 17.2 Å². The predicted octanol–water partition coefficient (Wildman–Crippen LogP) is 0.936. The molecule has 0 heterocycles. The number of sulfonamides is 1. The summed E-state index contributed by atoms with van der Waals surface area (Å²) in [5.41, 5.74) is 0.0819. The number of carbonyl (C=O) groups excluding carboxylic acids is 1. The molecule has 0 aliphatic rings. The summed E-state index contributed by atoms with van der Waals surface area (Å²) in [5.74, 6) is -1.44. The SMILES string of the molecule is COCCC(C)NC(=O)c1cc(C)c(F)c(S(N)(=O)=O)c1. The molecule has 0 radical (unpaired) electrons. The third-order valence-electron chi connectivity index (χ3n) is 2.92. The third-order valence-corrected chi connectivity index (χ3v) is 3.83. The van der Waals surface area contributed by atoms with Gasteiger partial charge in [-0.3, -0.25) is 4.79 Å². The maximum atomic E-state index is 13.8. The van der Waals surface area contributed by atoms with E-state index in [0.717, 1.165) is 6.07 Å². The van der Waals surface area contributed by atoms with Crippen LogP contribution in [0, 0.1) is 12.7 Å². The highest BCUT2D eigenvalue weighted by Gasteiger charge is 2.20. The monoisotopic (exact) mass is 318 g/mol. The molecule has 1 amide bonds. The van der Waals surface area contributed by atoms with Gasteiger partial charge in [0.15, 0.2) is 0 Å². The molecule has 3 N–H and O–H groups in total. The number of nitrogens with two attached hydrogens (primary N) is 1. The van der Waals surface area contributed by atoms with Crippen LogP contribution in [-0.4, -0.2) is 34.1 Å². The molecule has 1 rings (SSSR count). The van der Waals surface area contributed by atoms with Crippen molar-refractivity contribution in [3.63, 3.8) is 0 Å². The molecule has 0 aromatic heterocycles. The Morgan fingerprint density at radius 2 is 2.10 bits per heavy atom. The van der Waals surface area contributed by atoms with Gasteiger partial charge in [0.25, 0.3) is 5.91 Å². The van der Waals surface area contributed by atoms with Gasteiger partial charge in [-0.2, -0.15) is 0 Å². The lowest BCUT2D eigenvalue weighted by Gasteiger charge is -2.14. The molecule has 0 saturated carbocycles. The molecule has 1 atom stereocenters. The number of nitrogens with one attached hydrogen (secondary N) is 1. The fourth-order valence-electron chi connectivity index (χ4n) is 1.75. The van der Waals surface area contributed by atoms with E-state index in [1.165, 1.54) is 13.0 Å². The molecule has 1 aromatic rings. The Morgan fingerprint density at radius 3 is 2.62 bits per heavy atom. The Morgan fingerprint density at radius 1 is 1.48 bits per heavy atom. The number of aryl methyl sites for hydroxylation is 1. The van der Waals surface area contributed by atoms with Gasteiger partial charge in [-0.05, 0) is 38.0 Å². The van der Waals surface area contributed by atoms with E-state index >= 15 is 0 Å². The normalized spacial score (nSPS) is 13.0. The Balaban J connectivity index is 3.04. The van der Waals surface area contributed by atoms with Gasteiger partial charge in [-0.1, -0.05) is 0 Å². The van der Waals surface area contributed by atoms with Gasteiger partial charge in [0, 0.05) is 25.3 Å². The van der Waals surface area contributed by atoms with E-state index in [1.807, 2.05) is 0 Å². The number of hydrogen-bond donors (Lipinski definition) is 2. The molecule has 0 aliphatic carbocycles. The van der Waals surface area contributed by atoms with E-state index < -0.39 is 26.6 Å². The highest BCUT2D eigenvalue weighted by atomic mass is 32.2. The number of halogens is 1. The van der Waals surface area contributed by atoms with Crippen molar-refractivity contribution >= 4 is 15.9 Å². The second-order valence-electron chi connectivity index (χ2n) is 4.81. The summed E-state index contributed by atoms with van der Waals surface area (Å²) in [5, 5.41) is 7.63. The van der Waals surface area contributed by atoms with Gasteiger partial charge < -0.3 is 10.1 Å². The average molecular weight is 318 g/mol.